The van der Waals surface area contributed by atoms with E-state index in [2.05, 4.69) is 63.8 Å². The van der Waals surface area contributed by atoms with Gasteiger partial charge in [-0.25, -0.2) is 14.5 Å². The number of hydrogen-bond donors (Lipinski definition) is 1. The molecule has 254 valence electrons. The highest BCUT2D eigenvalue weighted by Gasteiger charge is 2.31. The molecule has 0 saturated carbocycles. The van der Waals surface area contributed by atoms with E-state index in [1.54, 1.807) is 18.9 Å². The fourth-order valence-electron chi connectivity index (χ4n) is 5.45. The number of carbonyl (C=O) groups is 1. The first-order valence-electron chi connectivity index (χ1n) is 15.8. The second-order valence-corrected chi connectivity index (χ2v) is 13.0. The summed E-state index contributed by atoms with van der Waals surface area (Å²) in [5.41, 5.74) is 4.64. The fourth-order valence-corrected chi connectivity index (χ4v) is 6.66. The number of methoxy groups -OCH3 is 1. The predicted octanol–water partition coefficient (Wildman–Crippen LogP) is 8.56. The molecule has 2 atom stereocenters. The summed E-state index contributed by atoms with van der Waals surface area (Å²) < 4.78 is 48.3. The Labute approximate surface area is 282 Å². The lowest BCUT2D eigenvalue weighted by molar-refractivity contribution is -0.274. The van der Waals surface area contributed by atoms with Crippen molar-refractivity contribution in [3.05, 3.63) is 84.2 Å². The highest BCUT2D eigenvalue weighted by atomic mass is 32.2. The number of alkyl halides is 3. The minimum atomic E-state index is -4.75. The molecule has 48 heavy (non-hydrogen) atoms. The zero-order chi connectivity index (χ0) is 34.4. The highest BCUT2D eigenvalue weighted by Crippen LogP contribution is 2.37. The van der Waals surface area contributed by atoms with Crippen LogP contribution < -0.4 is 19.7 Å². The van der Waals surface area contributed by atoms with E-state index in [9.17, 15) is 18.0 Å². The normalized spacial score (nSPS) is 16.6. The van der Waals surface area contributed by atoms with Crippen LogP contribution in [0.3, 0.4) is 0 Å². The van der Waals surface area contributed by atoms with E-state index in [0.29, 0.717) is 29.1 Å². The summed E-state index contributed by atoms with van der Waals surface area (Å²) >= 11 is 1.59. The van der Waals surface area contributed by atoms with E-state index in [0.717, 1.165) is 41.2 Å². The van der Waals surface area contributed by atoms with Crippen LogP contribution in [0, 0.1) is 0 Å². The molecule has 0 bridgehead atoms. The second-order valence-electron chi connectivity index (χ2n) is 11.9. The topological polar surface area (TPSA) is 93.9 Å². The third-order valence-corrected chi connectivity index (χ3v) is 9.13. The summed E-state index contributed by atoms with van der Waals surface area (Å²) in [7, 11) is 1.65. The largest absolute Gasteiger partial charge is 0.573 e. The summed E-state index contributed by atoms with van der Waals surface area (Å²) in [6, 6.07) is 19.2. The summed E-state index contributed by atoms with van der Waals surface area (Å²) in [4.78, 5) is 24.0. The molecule has 13 heteroatoms. The lowest BCUT2D eigenvalue weighted by Gasteiger charge is -2.37. The number of urea groups is 1. The predicted molar refractivity (Wildman–Crippen MR) is 183 cm³/mol. The van der Waals surface area contributed by atoms with Gasteiger partial charge in [-0.05, 0) is 73.1 Å². The average molecular weight is 681 g/mol. The molecule has 1 aliphatic rings. The molecule has 5 rings (SSSR count). The number of ether oxygens (including phenoxy) is 2. The Morgan fingerprint density at radius 1 is 1.06 bits per heavy atom. The zero-order valence-corrected chi connectivity index (χ0v) is 28.3. The minimum Gasteiger partial charge on any atom is -0.497 e. The van der Waals surface area contributed by atoms with E-state index < -0.39 is 6.36 Å². The summed E-state index contributed by atoms with van der Waals surface area (Å²) in [6.07, 6.45) is -1.55. The number of aromatic nitrogens is 3. The molecule has 0 spiro atoms. The van der Waals surface area contributed by atoms with Gasteiger partial charge < -0.3 is 19.7 Å². The molecule has 3 aromatic carbocycles. The van der Waals surface area contributed by atoms with Gasteiger partial charge in [-0.3, -0.25) is 0 Å². The standard InChI is InChI=1S/C35H39F3N6O3S/c1-22(2)30-15-14-29(46-5)20-31(30)44-24(4)17-19-48-34(44)41-33(45)39-18-16-23(3)25-6-8-26(9-7-25)32-40-21-43(42-32)27-10-12-28(13-11-27)47-35(36,37)38/h6-15,20-24H,16-19H2,1-5H3,(H,39,45)/b41-34-. The molecule has 0 aliphatic carbocycles. The molecule has 1 N–H and O–H groups in total. The van der Waals surface area contributed by atoms with Crippen LogP contribution in [0.2, 0.25) is 0 Å². The van der Waals surface area contributed by atoms with Crippen LogP contribution in [-0.4, -0.2) is 57.8 Å². The first-order valence-corrected chi connectivity index (χ1v) is 16.7. The van der Waals surface area contributed by atoms with Crippen molar-refractivity contribution in [2.24, 2.45) is 4.99 Å². The SMILES string of the molecule is COc1ccc(C(C)C)c(N2/C(=N/C(=O)NCCC(C)c3ccc(-c4ncn(-c5ccc(OC(F)(F)F)cc5)n4)cc3)SCCC2C)c1. The number of amidine groups is 1. The van der Waals surface area contributed by atoms with Crippen molar-refractivity contribution < 1.29 is 27.4 Å². The van der Waals surface area contributed by atoms with Crippen LogP contribution in [0.15, 0.2) is 78.0 Å². The first kappa shape index (κ1) is 34.8. The van der Waals surface area contributed by atoms with Gasteiger partial charge >= 0.3 is 12.4 Å². The van der Waals surface area contributed by atoms with Crippen molar-refractivity contribution in [2.45, 2.75) is 64.8 Å². The van der Waals surface area contributed by atoms with Crippen molar-refractivity contribution in [2.75, 3.05) is 24.3 Å². The second kappa shape index (κ2) is 15.1. The number of rotatable bonds is 10. The third kappa shape index (κ3) is 8.68. The fraction of sp³-hybridized carbons (Fsp3) is 0.371. The van der Waals surface area contributed by atoms with Gasteiger partial charge in [0.1, 0.15) is 17.8 Å². The number of amides is 2. The summed E-state index contributed by atoms with van der Waals surface area (Å²) in [6.45, 7) is 9.03. The van der Waals surface area contributed by atoms with Gasteiger partial charge in [0, 0.05) is 30.0 Å². The molecular formula is C35H39F3N6O3S. The Balaban J connectivity index is 1.18. The lowest BCUT2D eigenvalue weighted by Crippen LogP contribution is -2.42. The molecule has 0 radical (unpaired) electrons. The number of aliphatic imine (C=N–C) groups is 1. The average Bonchev–Trinajstić information content (AvgIpc) is 3.55. The van der Waals surface area contributed by atoms with Crippen molar-refractivity contribution >= 4 is 28.6 Å². The Hall–Kier alpha value is -4.52. The summed E-state index contributed by atoms with van der Waals surface area (Å²) in [5, 5.41) is 8.13. The van der Waals surface area contributed by atoms with E-state index in [-0.39, 0.29) is 23.7 Å². The van der Waals surface area contributed by atoms with Crippen LogP contribution in [0.1, 0.15) is 63.5 Å². The smallest absolute Gasteiger partial charge is 0.497 e. The van der Waals surface area contributed by atoms with Gasteiger partial charge in [-0.1, -0.05) is 62.9 Å². The van der Waals surface area contributed by atoms with Gasteiger partial charge in [0.25, 0.3) is 0 Å². The third-order valence-electron chi connectivity index (χ3n) is 8.15. The van der Waals surface area contributed by atoms with Gasteiger partial charge in [0.15, 0.2) is 11.0 Å². The maximum Gasteiger partial charge on any atom is 0.573 e. The van der Waals surface area contributed by atoms with Crippen LogP contribution in [0.5, 0.6) is 11.5 Å². The molecule has 2 unspecified atom stereocenters. The van der Waals surface area contributed by atoms with Gasteiger partial charge in [0.05, 0.1) is 18.5 Å². The molecule has 2 heterocycles. The van der Waals surface area contributed by atoms with Crippen molar-refractivity contribution in [3.8, 4) is 28.6 Å². The molecule has 4 aromatic rings. The van der Waals surface area contributed by atoms with E-state index in [1.165, 1.54) is 40.8 Å². The number of anilines is 1. The van der Waals surface area contributed by atoms with Gasteiger partial charge in [0.2, 0.25) is 0 Å². The number of carbonyl (C=O) groups excluding carboxylic acids is 1. The number of nitrogens with one attached hydrogen (secondary N) is 1. The maximum atomic E-state index is 13.0. The van der Waals surface area contributed by atoms with Crippen LogP contribution in [0.25, 0.3) is 17.1 Å². The van der Waals surface area contributed by atoms with Crippen molar-refractivity contribution in [1.82, 2.24) is 20.1 Å². The van der Waals surface area contributed by atoms with E-state index >= 15 is 0 Å². The number of thioether (sulfide) groups is 1. The molecule has 1 aromatic heterocycles. The number of nitrogens with zero attached hydrogens (tertiary/aromatic N) is 5. The number of hydrogen-bond acceptors (Lipinski definition) is 6. The molecule has 2 amide bonds. The van der Waals surface area contributed by atoms with E-state index in [1.807, 2.05) is 36.4 Å². The van der Waals surface area contributed by atoms with Crippen LogP contribution in [0.4, 0.5) is 23.7 Å². The molecule has 1 fully saturated rings. The Bertz CT molecular complexity index is 1720. The van der Waals surface area contributed by atoms with Crippen LogP contribution >= 0.6 is 11.8 Å². The Kier molecular flexibility index (Phi) is 11.0. The van der Waals surface area contributed by atoms with Gasteiger partial charge in [-0.15, -0.1) is 18.3 Å². The molecule has 1 aliphatic heterocycles. The van der Waals surface area contributed by atoms with Crippen LogP contribution in [-0.2, 0) is 0 Å². The van der Waals surface area contributed by atoms with Gasteiger partial charge in [-0.2, -0.15) is 4.99 Å². The number of benzene rings is 3. The van der Waals surface area contributed by atoms with Crippen molar-refractivity contribution in [1.29, 1.82) is 0 Å². The first-order chi connectivity index (χ1) is 22.9. The molecule has 9 nitrogen and oxygen atoms in total. The molecular weight excluding hydrogens is 641 g/mol. The molecule has 1 saturated heterocycles. The zero-order valence-electron chi connectivity index (χ0n) is 27.5. The highest BCUT2D eigenvalue weighted by molar-refractivity contribution is 8.14. The van der Waals surface area contributed by atoms with Crippen molar-refractivity contribution in [3.63, 3.8) is 0 Å². The number of halogens is 3. The summed E-state index contributed by atoms with van der Waals surface area (Å²) in [5.74, 6) is 2.29. The minimum absolute atomic E-state index is 0.168. The Morgan fingerprint density at radius 2 is 1.77 bits per heavy atom. The lowest BCUT2D eigenvalue weighted by atomic mass is 9.96. The Morgan fingerprint density at radius 3 is 2.44 bits per heavy atom. The monoisotopic (exact) mass is 680 g/mol. The van der Waals surface area contributed by atoms with E-state index in [4.69, 9.17) is 4.74 Å². The maximum absolute atomic E-state index is 13.0. The quantitative estimate of drug-likeness (QED) is 0.179.